The molecule has 0 aliphatic heterocycles. The molecule has 2 rings (SSSR count). The number of carbonyl (C=O) groups excluding carboxylic acids is 1. The summed E-state index contributed by atoms with van der Waals surface area (Å²) in [5, 5.41) is 3.20. The molecule has 5 heteroatoms. The first-order valence-electron chi connectivity index (χ1n) is 7.22. The van der Waals surface area contributed by atoms with Crippen molar-refractivity contribution in [2.24, 2.45) is 11.7 Å². The number of carbonyl (C=O) groups is 1. The van der Waals surface area contributed by atoms with Crippen molar-refractivity contribution in [3.05, 3.63) is 59.5 Å². The molecule has 0 fully saturated rings. The first kappa shape index (κ1) is 16.1. The normalized spacial score (nSPS) is 12.2. The topological polar surface area (TPSA) is 68.0 Å². The van der Waals surface area contributed by atoms with Gasteiger partial charge in [-0.1, -0.05) is 13.8 Å². The minimum absolute atomic E-state index is 0.249. The van der Waals surface area contributed by atoms with Crippen LogP contribution < -0.4 is 11.1 Å². The van der Waals surface area contributed by atoms with E-state index < -0.39 is 6.04 Å². The van der Waals surface area contributed by atoms with Gasteiger partial charge in [0.2, 0.25) is 0 Å². The van der Waals surface area contributed by atoms with Crippen LogP contribution in [-0.4, -0.2) is 17.3 Å². The summed E-state index contributed by atoms with van der Waals surface area (Å²) >= 11 is 0. The van der Waals surface area contributed by atoms with E-state index in [9.17, 15) is 9.18 Å². The maximum atomic E-state index is 12.9. The number of anilines is 1. The van der Waals surface area contributed by atoms with E-state index >= 15 is 0 Å². The molecule has 1 unspecified atom stereocenters. The third kappa shape index (κ3) is 4.11. The molecule has 116 valence electrons. The van der Waals surface area contributed by atoms with Gasteiger partial charge in [-0.2, -0.15) is 0 Å². The highest BCUT2D eigenvalue weighted by atomic mass is 19.1. The van der Waals surface area contributed by atoms with Crippen LogP contribution in [0.3, 0.4) is 0 Å². The van der Waals surface area contributed by atoms with Gasteiger partial charge in [-0.05, 0) is 47.9 Å². The minimum Gasteiger partial charge on any atom is -0.370 e. The predicted molar refractivity (Wildman–Crippen MR) is 85.2 cm³/mol. The number of rotatable bonds is 6. The van der Waals surface area contributed by atoms with Gasteiger partial charge in [0.15, 0.2) is 5.78 Å². The van der Waals surface area contributed by atoms with Crippen LogP contribution in [-0.2, 0) is 0 Å². The second kappa shape index (κ2) is 7.13. The minimum atomic E-state index is -0.798. The molecule has 0 spiro atoms. The number of nitrogens with one attached hydrogen (secondary N) is 1. The number of hydrogen-bond acceptors (Lipinski definition) is 4. The fraction of sp³-hybridized carbons (Fsp3) is 0.294. The smallest absolute Gasteiger partial charge is 0.184 e. The summed E-state index contributed by atoms with van der Waals surface area (Å²) in [4.78, 5) is 16.6. The Morgan fingerprint density at radius 1 is 1.27 bits per heavy atom. The Kier molecular flexibility index (Phi) is 5.22. The van der Waals surface area contributed by atoms with Crippen LogP contribution >= 0.6 is 0 Å². The lowest BCUT2D eigenvalue weighted by atomic mass is 9.99. The number of nitrogens with zero attached hydrogens (tertiary/aromatic N) is 1. The van der Waals surface area contributed by atoms with Gasteiger partial charge in [0.05, 0.1) is 6.04 Å². The van der Waals surface area contributed by atoms with Crippen molar-refractivity contribution in [3.63, 3.8) is 0 Å². The number of Topliss-reactive ketones (excluding diaryl/α,β-unsaturated/α-hetero) is 1. The van der Waals surface area contributed by atoms with Crippen LogP contribution in [0.2, 0.25) is 0 Å². The number of pyridine rings is 1. The Hall–Kier alpha value is -2.27. The van der Waals surface area contributed by atoms with E-state index in [1.165, 1.54) is 24.3 Å². The van der Waals surface area contributed by atoms with E-state index in [2.05, 4.69) is 24.1 Å². The quantitative estimate of drug-likeness (QED) is 0.804. The van der Waals surface area contributed by atoms with E-state index in [0.717, 1.165) is 6.54 Å². The number of ketones is 1. The van der Waals surface area contributed by atoms with Crippen LogP contribution in [0.15, 0.2) is 42.6 Å². The SMILES string of the molecule is CC(C)CNc1cc(C(N)C(=O)c2ccc(F)cc2)ccn1. The second-order valence-corrected chi connectivity index (χ2v) is 5.60. The zero-order chi connectivity index (χ0) is 16.1. The summed E-state index contributed by atoms with van der Waals surface area (Å²) in [6.45, 7) is 4.99. The fourth-order valence-corrected chi connectivity index (χ4v) is 1.99. The van der Waals surface area contributed by atoms with Gasteiger partial charge >= 0.3 is 0 Å². The molecular formula is C17H20FN3O. The van der Waals surface area contributed by atoms with Gasteiger partial charge < -0.3 is 11.1 Å². The maximum Gasteiger partial charge on any atom is 0.184 e. The van der Waals surface area contributed by atoms with Gasteiger partial charge in [0, 0.05) is 18.3 Å². The largest absolute Gasteiger partial charge is 0.370 e. The van der Waals surface area contributed by atoms with Crippen molar-refractivity contribution >= 4 is 11.6 Å². The number of aromatic nitrogens is 1. The Morgan fingerprint density at radius 3 is 2.59 bits per heavy atom. The maximum absolute atomic E-state index is 12.9. The molecule has 0 saturated heterocycles. The Balaban J connectivity index is 2.14. The molecule has 1 atom stereocenters. The standard InChI is InChI=1S/C17H20FN3O/c1-11(2)10-21-15-9-13(7-8-20-15)16(19)17(22)12-3-5-14(18)6-4-12/h3-9,11,16H,10,19H2,1-2H3,(H,20,21). The van der Waals surface area contributed by atoms with Crippen molar-refractivity contribution in [3.8, 4) is 0 Å². The molecule has 0 radical (unpaired) electrons. The Labute approximate surface area is 129 Å². The number of nitrogens with two attached hydrogens (primary N) is 1. The molecule has 1 aromatic heterocycles. The first-order valence-corrected chi connectivity index (χ1v) is 7.22. The van der Waals surface area contributed by atoms with Crippen molar-refractivity contribution in [1.29, 1.82) is 0 Å². The van der Waals surface area contributed by atoms with Gasteiger partial charge in [-0.3, -0.25) is 4.79 Å². The van der Waals surface area contributed by atoms with Gasteiger partial charge in [-0.15, -0.1) is 0 Å². The number of hydrogen-bond donors (Lipinski definition) is 2. The van der Waals surface area contributed by atoms with Crippen LogP contribution in [0.5, 0.6) is 0 Å². The average Bonchev–Trinajstić information content (AvgIpc) is 2.52. The molecule has 22 heavy (non-hydrogen) atoms. The van der Waals surface area contributed by atoms with E-state index in [0.29, 0.717) is 22.9 Å². The summed E-state index contributed by atoms with van der Waals surface area (Å²) in [6.07, 6.45) is 1.62. The van der Waals surface area contributed by atoms with Crippen LogP contribution in [0.4, 0.5) is 10.2 Å². The molecule has 0 aliphatic rings. The molecule has 0 bridgehead atoms. The summed E-state index contributed by atoms with van der Waals surface area (Å²) in [5.74, 6) is 0.545. The fourth-order valence-electron chi connectivity index (χ4n) is 1.99. The third-order valence-electron chi connectivity index (χ3n) is 3.25. The number of halogens is 1. The van der Waals surface area contributed by atoms with E-state index in [1.807, 2.05) is 0 Å². The van der Waals surface area contributed by atoms with Crippen LogP contribution in [0.1, 0.15) is 35.8 Å². The number of benzene rings is 1. The molecule has 0 amide bonds. The highest BCUT2D eigenvalue weighted by molar-refractivity contribution is 6.00. The van der Waals surface area contributed by atoms with Gasteiger partial charge in [0.25, 0.3) is 0 Å². The van der Waals surface area contributed by atoms with Gasteiger partial charge in [-0.25, -0.2) is 9.37 Å². The molecule has 0 aliphatic carbocycles. The van der Waals surface area contributed by atoms with Crippen molar-refractivity contribution in [2.75, 3.05) is 11.9 Å². The zero-order valence-corrected chi connectivity index (χ0v) is 12.7. The average molecular weight is 301 g/mol. The van der Waals surface area contributed by atoms with Crippen LogP contribution in [0, 0.1) is 11.7 Å². The molecule has 1 aromatic carbocycles. The molecule has 3 N–H and O–H groups in total. The molecule has 1 heterocycles. The summed E-state index contributed by atoms with van der Waals surface area (Å²) in [7, 11) is 0. The summed E-state index contributed by atoms with van der Waals surface area (Å²) in [6, 6.07) is 8.08. The Bertz CT molecular complexity index is 641. The lowest BCUT2D eigenvalue weighted by Crippen LogP contribution is -2.22. The monoisotopic (exact) mass is 301 g/mol. The highest BCUT2D eigenvalue weighted by Crippen LogP contribution is 2.18. The first-order chi connectivity index (χ1) is 10.5. The van der Waals surface area contributed by atoms with E-state index in [-0.39, 0.29) is 11.6 Å². The highest BCUT2D eigenvalue weighted by Gasteiger charge is 2.18. The van der Waals surface area contributed by atoms with Crippen molar-refractivity contribution < 1.29 is 9.18 Å². The zero-order valence-electron chi connectivity index (χ0n) is 12.7. The van der Waals surface area contributed by atoms with Crippen LogP contribution in [0.25, 0.3) is 0 Å². The van der Waals surface area contributed by atoms with Crippen molar-refractivity contribution in [1.82, 2.24) is 4.98 Å². The van der Waals surface area contributed by atoms with Crippen molar-refractivity contribution in [2.45, 2.75) is 19.9 Å². The second-order valence-electron chi connectivity index (χ2n) is 5.60. The predicted octanol–water partition coefficient (Wildman–Crippen LogP) is 3.17. The molecular weight excluding hydrogens is 281 g/mol. The lowest BCUT2D eigenvalue weighted by molar-refractivity contribution is 0.0961. The molecule has 0 saturated carbocycles. The molecule has 2 aromatic rings. The summed E-state index contributed by atoms with van der Waals surface area (Å²) in [5.41, 5.74) is 7.10. The molecule has 4 nitrogen and oxygen atoms in total. The van der Waals surface area contributed by atoms with E-state index in [1.54, 1.807) is 18.3 Å². The van der Waals surface area contributed by atoms with E-state index in [4.69, 9.17) is 5.73 Å². The lowest BCUT2D eigenvalue weighted by Gasteiger charge is -2.13. The third-order valence-corrected chi connectivity index (χ3v) is 3.25. The summed E-state index contributed by atoms with van der Waals surface area (Å²) < 4.78 is 12.9. The Morgan fingerprint density at radius 2 is 1.95 bits per heavy atom. The van der Waals surface area contributed by atoms with Gasteiger partial charge in [0.1, 0.15) is 11.6 Å².